The second-order valence-electron chi connectivity index (χ2n) is 4.34. The number of H-pyrrole nitrogens is 1. The van der Waals surface area contributed by atoms with E-state index in [9.17, 15) is 9.65 Å². The SMILES string of the molecule is N#Cc1ccc(-c2ccc(F)cc2)cc1-c1cc[nH]n1. The fourth-order valence-corrected chi connectivity index (χ4v) is 2.09. The van der Waals surface area contributed by atoms with Crippen molar-refractivity contribution in [3.63, 3.8) is 0 Å². The standard InChI is InChI=1S/C16H10FN3/c17-14-5-3-11(4-6-14)12-1-2-13(10-18)15(9-12)16-7-8-19-20-16/h1-9H,(H,19,20). The van der Waals surface area contributed by atoms with E-state index in [0.717, 1.165) is 16.7 Å². The Morgan fingerprint density at radius 2 is 1.75 bits per heavy atom. The molecule has 2 aromatic carbocycles. The molecule has 0 spiro atoms. The molecule has 1 N–H and O–H groups in total. The van der Waals surface area contributed by atoms with Crippen LogP contribution in [0.5, 0.6) is 0 Å². The van der Waals surface area contributed by atoms with Gasteiger partial charge in [-0.2, -0.15) is 10.4 Å². The molecule has 20 heavy (non-hydrogen) atoms. The van der Waals surface area contributed by atoms with Crippen molar-refractivity contribution in [2.75, 3.05) is 0 Å². The predicted molar refractivity (Wildman–Crippen MR) is 74.1 cm³/mol. The predicted octanol–water partition coefficient (Wildman–Crippen LogP) is 3.75. The summed E-state index contributed by atoms with van der Waals surface area (Å²) in [5, 5.41) is 16.0. The van der Waals surface area contributed by atoms with Crippen molar-refractivity contribution in [3.05, 3.63) is 66.1 Å². The number of benzene rings is 2. The summed E-state index contributed by atoms with van der Waals surface area (Å²) in [4.78, 5) is 0. The molecule has 0 saturated heterocycles. The van der Waals surface area contributed by atoms with Gasteiger partial charge in [0.15, 0.2) is 0 Å². The number of rotatable bonds is 2. The van der Waals surface area contributed by atoms with Gasteiger partial charge in [0.2, 0.25) is 0 Å². The van der Waals surface area contributed by atoms with Crippen molar-refractivity contribution < 1.29 is 4.39 Å². The molecule has 3 nitrogen and oxygen atoms in total. The van der Waals surface area contributed by atoms with E-state index in [2.05, 4.69) is 16.3 Å². The Labute approximate surface area is 115 Å². The fraction of sp³-hybridized carbons (Fsp3) is 0. The number of hydrogen-bond acceptors (Lipinski definition) is 2. The molecule has 1 aromatic heterocycles. The highest BCUT2D eigenvalue weighted by Gasteiger charge is 2.09. The third-order valence-corrected chi connectivity index (χ3v) is 3.09. The second kappa shape index (κ2) is 4.98. The van der Waals surface area contributed by atoms with E-state index in [1.54, 1.807) is 24.4 Å². The van der Waals surface area contributed by atoms with Gasteiger partial charge in [0.05, 0.1) is 17.3 Å². The van der Waals surface area contributed by atoms with Gasteiger partial charge in [-0.1, -0.05) is 18.2 Å². The van der Waals surface area contributed by atoms with Crippen LogP contribution in [0, 0.1) is 17.1 Å². The first-order valence-corrected chi connectivity index (χ1v) is 6.08. The number of halogens is 1. The quantitative estimate of drug-likeness (QED) is 0.765. The molecule has 4 heteroatoms. The largest absolute Gasteiger partial charge is 0.285 e. The Hall–Kier alpha value is -2.93. The summed E-state index contributed by atoms with van der Waals surface area (Å²) in [6, 6.07) is 15.7. The van der Waals surface area contributed by atoms with Gasteiger partial charge in [0.25, 0.3) is 0 Å². The minimum absolute atomic E-state index is 0.269. The Morgan fingerprint density at radius 3 is 2.40 bits per heavy atom. The number of nitrogens with zero attached hydrogens (tertiary/aromatic N) is 2. The van der Waals surface area contributed by atoms with Gasteiger partial charge in [-0.25, -0.2) is 4.39 Å². The maximum Gasteiger partial charge on any atom is 0.123 e. The number of hydrogen-bond donors (Lipinski definition) is 1. The van der Waals surface area contributed by atoms with Crippen LogP contribution < -0.4 is 0 Å². The van der Waals surface area contributed by atoms with E-state index in [-0.39, 0.29) is 5.82 Å². The molecule has 1 heterocycles. The van der Waals surface area contributed by atoms with Gasteiger partial charge >= 0.3 is 0 Å². The van der Waals surface area contributed by atoms with Crippen molar-refractivity contribution in [1.82, 2.24) is 10.2 Å². The fourth-order valence-electron chi connectivity index (χ4n) is 2.09. The molecule has 3 aromatic rings. The molecular weight excluding hydrogens is 253 g/mol. The molecular formula is C16H10FN3. The van der Waals surface area contributed by atoms with Gasteiger partial charge in [-0.05, 0) is 41.5 Å². The minimum atomic E-state index is -0.269. The smallest absolute Gasteiger partial charge is 0.123 e. The molecule has 3 rings (SSSR count). The summed E-state index contributed by atoms with van der Waals surface area (Å²) >= 11 is 0. The summed E-state index contributed by atoms with van der Waals surface area (Å²) in [5.41, 5.74) is 3.85. The van der Waals surface area contributed by atoms with Crippen LogP contribution in [0.4, 0.5) is 4.39 Å². The lowest BCUT2D eigenvalue weighted by atomic mass is 9.98. The van der Waals surface area contributed by atoms with E-state index < -0.39 is 0 Å². The zero-order valence-electron chi connectivity index (χ0n) is 10.5. The van der Waals surface area contributed by atoms with Crippen LogP contribution in [0.2, 0.25) is 0 Å². The zero-order chi connectivity index (χ0) is 13.9. The van der Waals surface area contributed by atoms with Gasteiger partial charge in [-0.3, -0.25) is 5.10 Å². The summed E-state index contributed by atoms with van der Waals surface area (Å²) in [5.74, 6) is -0.269. The van der Waals surface area contributed by atoms with Crippen LogP contribution in [0.3, 0.4) is 0 Å². The average molecular weight is 263 g/mol. The Balaban J connectivity index is 2.13. The van der Waals surface area contributed by atoms with E-state index in [1.807, 2.05) is 18.2 Å². The Morgan fingerprint density at radius 1 is 1.00 bits per heavy atom. The minimum Gasteiger partial charge on any atom is -0.285 e. The Kier molecular flexibility index (Phi) is 3.02. The normalized spacial score (nSPS) is 10.2. The van der Waals surface area contributed by atoms with Gasteiger partial charge in [0.1, 0.15) is 5.82 Å². The average Bonchev–Trinajstić information content (AvgIpc) is 3.01. The molecule has 0 aliphatic carbocycles. The highest BCUT2D eigenvalue weighted by molar-refractivity contribution is 5.75. The third kappa shape index (κ3) is 2.17. The van der Waals surface area contributed by atoms with Gasteiger partial charge in [-0.15, -0.1) is 0 Å². The highest BCUT2D eigenvalue weighted by Crippen LogP contribution is 2.28. The van der Waals surface area contributed by atoms with Crippen molar-refractivity contribution >= 4 is 0 Å². The highest BCUT2D eigenvalue weighted by atomic mass is 19.1. The van der Waals surface area contributed by atoms with Crippen LogP contribution in [-0.4, -0.2) is 10.2 Å². The summed E-state index contributed by atoms with van der Waals surface area (Å²) in [6.07, 6.45) is 1.71. The maximum absolute atomic E-state index is 13.0. The molecule has 96 valence electrons. The number of nitriles is 1. The maximum atomic E-state index is 13.0. The van der Waals surface area contributed by atoms with Crippen LogP contribution in [-0.2, 0) is 0 Å². The summed E-state index contributed by atoms with van der Waals surface area (Å²) in [7, 11) is 0. The zero-order valence-corrected chi connectivity index (χ0v) is 10.5. The van der Waals surface area contributed by atoms with Crippen molar-refractivity contribution in [1.29, 1.82) is 5.26 Å². The Bertz CT molecular complexity index is 768. The monoisotopic (exact) mass is 263 g/mol. The molecule has 0 aliphatic heterocycles. The molecule has 0 saturated carbocycles. The van der Waals surface area contributed by atoms with E-state index in [4.69, 9.17) is 0 Å². The second-order valence-corrected chi connectivity index (χ2v) is 4.34. The molecule has 0 bridgehead atoms. The molecule has 0 radical (unpaired) electrons. The molecule has 0 atom stereocenters. The number of nitrogens with one attached hydrogen (secondary N) is 1. The number of aromatic amines is 1. The summed E-state index contributed by atoms with van der Waals surface area (Å²) in [6.45, 7) is 0. The van der Waals surface area contributed by atoms with Crippen LogP contribution >= 0.6 is 0 Å². The lowest BCUT2D eigenvalue weighted by Gasteiger charge is -2.06. The molecule has 0 amide bonds. The summed E-state index contributed by atoms with van der Waals surface area (Å²) < 4.78 is 13.0. The van der Waals surface area contributed by atoms with E-state index in [0.29, 0.717) is 11.3 Å². The van der Waals surface area contributed by atoms with Crippen molar-refractivity contribution in [2.24, 2.45) is 0 Å². The molecule has 0 fully saturated rings. The molecule has 0 unspecified atom stereocenters. The van der Waals surface area contributed by atoms with Crippen molar-refractivity contribution in [2.45, 2.75) is 0 Å². The lowest BCUT2D eigenvalue weighted by molar-refractivity contribution is 0.628. The van der Waals surface area contributed by atoms with E-state index >= 15 is 0 Å². The first-order chi connectivity index (χ1) is 9.78. The molecule has 0 aliphatic rings. The van der Waals surface area contributed by atoms with Gasteiger partial charge in [0, 0.05) is 11.8 Å². The lowest BCUT2D eigenvalue weighted by Crippen LogP contribution is -1.87. The third-order valence-electron chi connectivity index (χ3n) is 3.09. The topological polar surface area (TPSA) is 52.5 Å². The first-order valence-electron chi connectivity index (χ1n) is 6.08. The van der Waals surface area contributed by atoms with Crippen molar-refractivity contribution in [3.8, 4) is 28.5 Å². The van der Waals surface area contributed by atoms with E-state index in [1.165, 1.54) is 12.1 Å². The van der Waals surface area contributed by atoms with Gasteiger partial charge < -0.3 is 0 Å². The van der Waals surface area contributed by atoms with Crippen LogP contribution in [0.25, 0.3) is 22.4 Å². The number of aromatic nitrogens is 2. The van der Waals surface area contributed by atoms with Crippen LogP contribution in [0.1, 0.15) is 5.56 Å². The van der Waals surface area contributed by atoms with Crippen LogP contribution in [0.15, 0.2) is 54.7 Å². The first kappa shape index (κ1) is 12.1.